The molecule has 1 aliphatic heterocycles. The summed E-state index contributed by atoms with van der Waals surface area (Å²) >= 11 is 0. The highest BCUT2D eigenvalue weighted by Gasteiger charge is 2.46. The van der Waals surface area contributed by atoms with Crippen molar-refractivity contribution >= 4 is 5.91 Å². The second-order valence-corrected chi connectivity index (χ2v) is 6.97. The molecule has 2 unspecified atom stereocenters. The van der Waals surface area contributed by atoms with Crippen LogP contribution in [0.1, 0.15) is 25.0 Å². The molecule has 2 aliphatic rings. The van der Waals surface area contributed by atoms with Crippen LogP contribution in [0.25, 0.3) is 0 Å². The lowest BCUT2D eigenvalue weighted by atomic mass is 9.70. The maximum absolute atomic E-state index is 12.5. The minimum atomic E-state index is -0.886. The number of nitrogens with one attached hydrogen (secondary N) is 1. The summed E-state index contributed by atoms with van der Waals surface area (Å²) in [6, 6.07) is 9.86. The van der Waals surface area contributed by atoms with E-state index >= 15 is 0 Å². The number of carbonyl (C=O) groups is 1. The molecule has 1 aromatic carbocycles. The average molecular weight is 336 g/mol. The van der Waals surface area contributed by atoms with Gasteiger partial charge < -0.3 is 11.1 Å². The number of nitrogens with zero attached hydrogens (tertiary/aromatic N) is 2. The fourth-order valence-corrected chi connectivity index (χ4v) is 4.06. The van der Waals surface area contributed by atoms with Crippen LogP contribution in [0, 0.1) is 11.3 Å². The molecule has 5 heteroatoms. The monoisotopic (exact) mass is 336 g/mol. The summed E-state index contributed by atoms with van der Waals surface area (Å²) in [5, 5.41) is 12.7. The van der Waals surface area contributed by atoms with Crippen LogP contribution in [-0.2, 0) is 10.2 Å². The fraction of sp³-hybridized carbons (Fsp3) is 0.400. The molecule has 1 aliphatic carbocycles. The molecule has 5 nitrogen and oxygen atoms in total. The molecule has 0 saturated carbocycles. The Bertz CT molecular complexity index is 785. The van der Waals surface area contributed by atoms with Crippen molar-refractivity contribution in [1.29, 1.82) is 5.26 Å². The summed E-state index contributed by atoms with van der Waals surface area (Å²) in [5.74, 6) is -0.352. The Kier molecular flexibility index (Phi) is 4.51. The zero-order valence-corrected chi connectivity index (χ0v) is 14.7. The van der Waals surface area contributed by atoms with Crippen LogP contribution in [0.15, 0.2) is 48.1 Å². The van der Waals surface area contributed by atoms with Gasteiger partial charge in [0.2, 0.25) is 5.91 Å². The van der Waals surface area contributed by atoms with Gasteiger partial charge in [-0.25, -0.2) is 0 Å². The Hall–Kier alpha value is -2.42. The topological polar surface area (TPSA) is 82.1 Å². The van der Waals surface area contributed by atoms with Gasteiger partial charge in [0, 0.05) is 31.6 Å². The maximum atomic E-state index is 12.5. The van der Waals surface area contributed by atoms with Gasteiger partial charge in [0.15, 0.2) is 0 Å². The van der Waals surface area contributed by atoms with E-state index in [0.29, 0.717) is 5.56 Å². The second kappa shape index (κ2) is 6.47. The van der Waals surface area contributed by atoms with Crippen molar-refractivity contribution in [2.75, 3.05) is 26.2 Å². The lowest BCUT2D eigenvalue weighted by Gasteiger charge is -2.46. The third-order valence-electron chi connectivity index (χ3n) is 5.41. The molecule has 0 aromatic heterocycles. The number of amides is 1. The van der Waals surface area contributed by atoms with E-state index in [-0.39, 0.29) is 5.91 Å². The van der Waals surface area contributed by atoms with Crippen molar-refractivity contribution in [3.63, 3.8) is 0 Å². The summed E-state index contributed by atoms with van der Waals surface area (Å²) in [6.07, 6.45) is 6.03. The van der Waals surface area contributed by atoms with E-state index in [9.17, 15) is 10.1 Å². The van der Waals surface area contributed by atoms with E-state index in [2.05, 4.69) is 29.3 Å². The fourth-order valence-electron chi connectivity index (χ4n) is 4.06. The molecule has 130 valence electrons. The molecule has 3 rings (SSSR count). The Balaban J connectivity index is 2.06. The van der Waals surface area contributed by atoms with Gasteiger partial charge in [-0.1, -0.05) is 36.4 Å². The first-order valence-corrected chi connectivity index (χ1v) is 8.59. The number of nitrogens with two attached hydrogens (primary N) is 1. The number of hydrogen-bond donors (Lipinski definition) is 2. The van der Waals surface area contributed by atoms with Crippen molar-refractivity contribution in [2.45, 2.75) is 24.8 Å². The van der Waals surface area contributed by atoms with E-state index < -0.39 is 11.0 Å². The largest absolute Gasteiger partial charge is 0.367 e. The number of benzene rings is 1. The van der Waals surface area contributed by atoms with Crippen LogP contribution in [-0.4, -0.2) is 42.5 Å². The third-order valence-corrected chi connectivity index (χ3v) is 5.41. The van der Waals surface area contributed by atoms with Gasteiger partial charge >= 0.3 is 0 Å². The number of rotatable bonds is 3. The Morgan fingerprint density at radius 3 is 2.56 bits per heavy atom. The van der Waals surface area contributed by atoms with Gasteiger partial charge in [-0.05, 0) is 31.1 Å². The van der Waals surface area contributed by atoms with Crippen molar-refractivity contribution < 1.29 is 4.79 Å². The Labute approximate surface area is 148 Å². The molecule has 1 heterocycles. The van der Waals surface area contributed by atoms with Crippen LogP contribution in [0.2, 0.25) is 0 Å². The summed E-state index contributed by atoms with van der Waals surface area (Å²) < 4.78 is 0. The number of nitriles is 1. The smallest absolute Gasteiger partial charge is 0.246 e. The second-order valence-electron chi connectivity index (χ2n) is 6.97. The predicted molar refractivity (Wildman–Crippen MR) is 97.8 cm³/mol. The number of hydrogen-bond acceptors (Lipinski definition) is 4. The zero-order chi connectivity index (χ0) is 18.1. The number of primary amides is 1. The highest BCUT2D eigenvalue weighted by atomic mass is 16.1. The maximum Gasteiger partial charge on any atom is 0.246 e. The number of allylic oxidation sites excluding steroid dienone is 2. The molecule has 2 atom stereocenters. The highest BCUT2D eigenvalue weighted by molar-refractivity contribution is 5.91. The van der Waals surface area contributed by atoms with Crippen molar-refractivity contribution in [3.8, 4) is 6.07 Å². The molecular weight excluding hydrogens is 312 g/mol. The molecule has 1 aromatic rings. The van der Waals surface area contributed by atoms with Gasteiger partial charge in [-0.2, -0.15) is 5.26 Å². The summed E-state index contributed by atoms with van der Waals surface area (Å²) in [4.78, 5) is 14.6. The van der Waals surface area contributed by atoms with E-state index in [1.165, 1.54) is 0 Å². The normalized spacial score (nSPS) is 29.7. The molecule has 0 radical (unpaired) electrons. The SMILES string of the molecule is CC1=CC(C)(c2ccccc2C#N)C=CC1(C(N)=O)N1CCNCC1. The molecule has 1 amide bonds. The standard InChI is InChI=1S/C20H24N4O/c1-15-13-19(2,17-6-4-3-5-16(17)14-21)7-8-20(15,18(22)25)24-11-9-23-10-12-24/h3-8,13,23H,9-12H2,1-2H3,(H2,22,25). The van der Waals surface area contributed by atoms with Gasteiger partial charge in [0.05, 0.1) is 11.6 Å². The predicted octanol–water partition coefficient (Wildman–Crippen LogP) is 1.46. The number of piperazine rings is 1. The van der Waals surface area contributed by atoms with Gasteiger partial charge in [-0.15, -0.1) is 0 Å². The van der Waals surface area contributed by atoms with Crippen LogP contribution < -0.4 is 11.1 Å². The van der Waals surface area contributed by atoms with Crippen molar-refractivity contribution in [3.05, 3.63) is 59.2 Å². The van der Waals surface area contributed by atoms with E-state index in [1.807, 2.05) is 43.3 Å². The summed E-state index contributed by atoms with van der Waals surface area (Å²) in [7, 11) is 0. The zero-order valence-electron chi connectivity index (χ0n) is 14.7. The minimum Gasteiger partial charge on any atom is -0.367 e. The lowest BCUT2D eigenvalue weighted by Crippen LogP contribution is -2.62. The van der Waals surface area contributed by atoms with Gasteiger partial charge in [0.25, 0.3) is 0 Å². The average Bonchev–Trinajstić information content (AvgIpc) is 2.62. The quantitative estimate of drug-likeness (QED) is 0.819. The first-order valence-electron chi connectivity index (χ1n) is 8.59. The molecule has 1 saturated heterocycles. The Morgan fingerprint density at radius 2 is 1.96 bits per heavy atom. The minimum absolute atomic E-state index is 0.352. The third kappa shape index (κ3) is 2.78. The first-order chi connectivity index (χ1) is 11.9. The summed E-state index contributed by atoms with van der Waals surface area (Å²) in [6.45, 7) is 7.23. The van der Waals surface area contributed by atoms with Crippen LogP contribution in [0.4, 0.5) is 0 Å². The van der Waals surface area contributed by atoms with Crippen LogP contribution in [0.3, 0.4) is 0 Å². The molecular formula is C20H24N4O. The van der Waals surface area contributed by atoms with E-state index in [4.69, 9.17) is 5.73 Å². The molecule has 0 bridgehead atoms. The number of carbonyl (C=O) groups excluding carboxylic acids is 1. The lowest BCUT2D eigenvalue weighted by molar-refractivity contribution is -0.126. The van der Waals surface area contributed by atoms with E-state index in [1.54, 1.807) is 0 Å². The Morgan fingerprint density at radius 1 is 1.28 bits per heavy atom. The van der Waals surface area contributed by atoms with Crippen molar-refractivity contribution in [2.24, 2.45) is 5.73 Å². The summed E-state index contributed by atoms with van der Waals surface area (Å²) in [5.41, 5.74) is 7.03. The molecule has 0 spiro atoms. The highest BCUT2D eigenvalue weighted by Crippen LogP contribution is 2.40. The van der Waals surface area contributed by atoms with E-state index in [0.717, 1.165) is 37.3 Å². The van der Waals surface area contributed by atoms with Gasteiger partial charge in [0.1, 0.15) is 5.54 Å². The molecule has 3 N–H and O–H groups in total. The van der Waals surface area contributed by atoms with Crippen molar-refractivity contribution in [1.82, 2.24) is 10.2 Å². The molecule has 1 fully saturated rings. The van der Waals surface area contributed by atoms with Crippen LogP contribution in [0.5, 0.6) is 0 Å². The van der Waals surface area contributed by atoms with Gasteiger partial charge in [-0.3, -0.25) is 9.69 Å². The van der Waals surface area contributed by atoms with Crippen LogP contribution >= 0.6 is 0 Å². The first kappa shape index (κ1) is 17.4. The molecule has 25 heavy (non-hydrogen) atoms.